The first-order valence-electron chi connectivity index (χ1n) is 13.3. The van der Waals surface area contributed by atoms with E-state index in [2.05, 4.69) is 21.6 Å². The molecule has 3 N–H and O–H groups in total. The van der Waals surface area contributed by atoms with Gasteiger partial charge in [0, 0.05) is 17.7 Å². The molecule has 0 radical (unpaired) electrons. The Bertz CT molecular complexity index is 1640. The van der Waals surface area contributed by atoms with Crippen LogP contribution >= 0.6 is 34.7 Å². The van der Waals surface area contributed by atoms with Crippen molar-refractivity contribution in [1.82, 2.24) is 10.2 Å². The Kier molecular flexibility index (Phi) is 8.59. The number of Topliss-reactive ketones (excluding diaryl/α,β-unsaturated/α-hetero) is 1. The summed E-state index contributed by atoms with van der Waals surface area (Å²) >= 11 is 8.62. The van der Waals surface area contributed by atoms with Crippen molar-refractivity contribution >= 4 is 57.2 Å². The number of hydrogen-bond donors (Lipinski definition) is 2. The lowest BCUT2D eigenvalue weighted by molar-refractivity contribution is -0.118. The van der Waals surface area contributed by atoms with Crippen molar-refractivity contribution in [1.29, 1.82) is 5.26 Å². The van der Waals surface area contributed by atoms with Crippen LogP contribution in [0.4, 0.5) is 10.8 Å². The van der Waals surface area contributed by atoms with Gasteiger partial charge >= 0.3 is 0 Å². The van der Waals surface area contributed by atoms with Crippen LogP contribution in [0.2, 0.25) is 5.02 Å². The normalized spacial score (nSPS) is 18.0. The molecule has 42 heavy (non-hydrogen) atoms. The quantitative estimate of drug-likeness (QED) is 0.280. The van der Waals surface area contributed by atoms with Crippen LogP contribution in [0, 0.1) is 16.7 Å². The number of aromatic nitrogens is 2. The van der Waals surface area contributed by atoms with Crippen LogP contribution in [0.25, 0.3) is 0 Å². The van der Waals surface area contributed by atoms with E-state index in [0.717, 1.165) is 11.3 Å². The number of ether oxygens (including phenoxy) is 1. The molecule has 1 atom stereocenters. The van der Waals surface area contributed by atoms with Gasteiger partial charge in [-0.15, -0.1) is 10.2 Å². The van der Waals surface area contributed by atoms with Crippen molar-refractivity contribution in [3.05, 3.63) is 81.8 Å². The van der Waals surface area contributed by atoms with Gasteiger partial charge in [-0.05, 0) is 48.6 Å². The third-order valence-corrected chi connectivity index (χ3v) is 9.34. The van der Waals surface area contributed by atoms with Gasteiger partial charge in [0.15, 0.2) is 10.1 Å². The molecule has 9 nitrogen and oxygen atoms in total. The van der Waals surface area contributed by atoms with Crippen LogP contribution in [0.15, 0.2) is 75.5 Å². The fraction of sp³-hybridized carbons (Fsp3) is 0.300. The van der Waals surface area contributed by atoms with Gasteiger partial charge in [0.1, 0.15) is 11.6 Å². The summed E-state index contributed by atoms with van der Waals surface area (Å²) in [4.78, 5) is 28.0. The molecule has 1 unspecified atom stereocenters. The molecule has 1 aliphatic heterocycles. The molecule has 1 aliphatic carbocycles. The molecule has 12 heteroatoms. The number of ketones is 1. The van der Waals surface area contributed by atoms with Gasteiger partial charge in [-0.2, -0.15) is 5.26 Å². The second kappa shape index (κ2) is 12.2. The summed E-state index contributed by atoms with van der Waals surface area (Å²) < 4.78 is 6.13. The Labute approximate surface area is 257 Å². The highest BCUT2D eigenvalue weighted by Crippen LogP contribution is 2.50. The molecule has 1 amide bonds. The van der Waals surface area contributed by atoms with E-state index in [9.17, 15) is 14.9 Å². The SMILES string of the molecule is CCOc1ccc(C2C(C#N)=C(N)N(c3nnc(SCC(=O)Nc4ccccc4Cl)s3)C3=C2C(=O)CC(C)(C)C3)cc1. The maximum absolute atomic E-state index is 13.7. The van der Waals surface area contributed by atoms with E-state index in [0.29, 0.717) is 51.0 Å². The van der Waals surface area contributed by atoms with Crippen LogP contribution in [0.5, 0.6) is 5.75 Å². The number of nitrogens with two attached hydrogens (primary N) is 1. The van der Waals surface area contributed by atoms with Crippen LogP contribution < -0.4 is 20.7 Å². The molecular weight excluding hydrogens is 592 g/mol. The molecule has 1 aromatic heterocycles. The lowest BCUT2D eigenvalue weighted by Crippen LogP contribution is -2.42. The molecule has 0 saturated heterocycles. The lowest BCUT2D eigenvalue weighted by Gasteiger charge is -2.42. The van der Waals surface area contributed by atoms with E-state index in [1.807, 2.05) is 45.0 Å². The van der Waals surface area contributed by atoms with E-state index in [4.69, 9.17) is 22.1 Å². The number of thioether (sulfide) groups is 1. The van der Waals surface area contributed by atoms with E-state index in [1.165, 1.54) is 23.1 Å². The Hall–Kier alpha value is -3.85. The number of para-hydroxylation sites is 1. The summed E-state index contributed by atoms with van der Waals surface area (Å²) in [5.74, 6) is 0.144. The summed E-state index contributed by atoms with van der Waals surface area (Å²) in [5, 5.41) is 22.6. The molecule has 5 rings (SSSR count). The average Bonchev–Trinajstić information content (AvgIpc) is 3.41. The van der Waals surface area contributed by atoms with Gasteiger partial charge in [0.25, 0.3) is 0 Å². The number of rotatable bonds is 8. The Morgan fingerprint density at radius 2 is 1.98 bits per heavy atom. The number of carbonyl (C=O) groups excluding carboxylic acids is 2. The largest absolute Gasteiger partial charge is 0.494 e. The number of nitriles is 1. The Balaban J connectivity index is 1.46. The third-order valence-electron chi connectivity index (χ3n) is 6.97. The molecule has 2 heterocycles. The van der Waals surface area contributed by atoms with Crippen molar-refractivity contribution in [2.75, 3.05) is 22.6 Å². The molecule has 2 aromatic carbocycles. The van der Waals surface area contributed by atoms with Gasteiger partial charge < -0.3 is 15.8 Å². The second-order valence-corrected chi connectivity index (χ2v) is 13.2. The van der Waals surface area contributed by atoms with Crippen LogP contribution in [0.3, 0.4) is 0 Å². The number of nitrogens with one attached hydrogen (secondary N) is 1. The molecule has 0 fully saturated rings. The van der Waals surface area contributed by atoms with Crippen molar-refractivity contribution in [2.24, 2.45) is 11.1 Å². The average molecular weight is 621 g/mol. The third kappa shape index (κ3) is 6.02. The van der Waals surface area contributed by atoms with E-state index in [1.54, 1.807) is 29.2 Å². The maximum atomic E-state index is 13.7. The van der Waals surface area contributed by atoms with E-state index in [-0.39, 0.29) is 34.3 Å². The van der Waals surface area contributed by atoms with Gasteiger partial charge in [0.2, 0.25) is 11.0 Å². The topological polar surface area (TPSA) is 134 Å². The summed E-state index contributed by atoms with van der Waals surface area (Å²) in [6.45, 7) is 6.52. The zero-order valence-corrected chi connectivity index (χ0v) is 25.7. The number of carbonyl (C=O) groups is 2. The standard InChI is InChI=1S/C30H29ClN6O3S2/c1-4-40-18-11-9-17(10-12-18)25-19(15-32)27(33)37(22-13-30(2,3)14-23(38)26(22)25)28-35-36-29(42-28)41-16-24(39)34-21-8-6-5-7-20(21)31/h5-12,25H,4,13-14,16,33H2,1-3H3,(H,34,39). The first-order valence-corrected chi connectivity index (χ1v) is 15.5. The predicted octanol–water partition coefficient (Wildman–Crippen LogP) is 6.26. The number of amides is 1. The van der Waals surface area contributed by atoms with E-state index < -0.39 is 5.92 Å². The summed E-state index contributed by atoms with van der Waals surface area (Å²) in [5.41, 5.74) is 9.25. The second-order valence-electron chi connectivity index (χ2n) is 10.6. The van der Waals surface area contributed by atoms with Crippen LogP contribution in [-0.2, 0) is 9.59 Å². The molecule has 0 saturated carbocycles. The van der Waals surface area contributed by atoms with Crippen LogP contribution in [0.1, 0.15) is 45.1 Å². The zero-order valence-electron chi connectivity index (χ0n) is 23.3. The fourth-order valence-electron chi connectivity index (χ4n) is 5.21. The number of halogens is 1. The highest BCUT2D eigenvalue weighted by Gasteiger charge is 2.45. The smallest absolute Gasteiger partial charge is 0.234 e. The van der Waals surface area contributed by atoms with Gasteiger partial charge in [-0.1, -0.05) is 72.8 Å². The molecule has 0 bridgehead atoms. The van der Waals surface area contributed by atoms with Crippen molar-refractivity contribution < 1.29 is 14.3 Å². The van der Waals surface area contributed by atoms with Crippen molar-refractivity contribution in [3.63, 3.8) is 0 Å². The number of benzene rings is 2. The minimum Gasteiger partial charge on any atom is -0.494 e. The first kappa shape index (κ1) is 29.6. The fourth-order valence-corrected chi connectivity index (χ4v) is 7.07. The van der Waals surface area contributed by atoms with Crippen molar-refractivity contribution in [2.45, 2.75) is 43.9 Å². The van der Waals surface area contributed by atoms with E-state index >= 15 is 0 Å². The predicted molar refractivity (Wildman–Crippen MR) is 165 cm³/mol. The number of anilines is 2. The van der Waals surface area contributed by atoms with Gasteiger partial charge in [-0.3, -0.25) is 14.5 Å². The van der Waals surface area contributed by atoms with Gasteiger partial charge in [0.05, 0.1) is 40.6 Å². The maximum Gasteiger partial charge on any atom is 0.234 e. The molecule has 2 aliphatic rings. The minimum absolute atomic E-state index is 0.0271. The van der Waals surface area contributed by atoms with Gasteiger partial charge in [-0.25, -0.2) is 0 Å². The Morgan fingerprint density at radius 3 is 2.67 bits per heavy atom. The lowest BCUT2D eigenvalue weighted by atomic mass is 9.68. The number of allylic oxidation sites excluding steroid dienone is 3. The highest BCUT2D eigenvalue weighted by molar-refractivity contribution is 8.01. The highest BCUT2D eigenvalue weighted by atomic mass is 35.5. The molecule has 216 valence electrons. The number of hydrogen-bond acceptors (Lipinski definition) is 10. The first-order chi connectivity index (χ1) is 20.1. The molecule has 0 spiro atoms. The Morgan fingerprint density at radius 1 is 1.24 bits per heavy atom. The summed E-state index contributed by atoms with van der Waals surface area (Å²) in [6, 6.07) is 16.7. The summed E-state index contributed by atoms with van der Waals surface area (Å²) in [7, 11) is 0. The monoisotopic (exact) mass is 620 g/mol. The summed E-state index contributed by atoms with van der Waals surface area (Å²) in [6.07, 6.45) is 0.910. The molecular formula is C30H29ClN6O3S2. The number of nitrogens with zero attached hydrogens (tertiary/aromatic N) is 4. The van der Waals surface area contributed by atoms with Crippen molar-refractivity contribution in [3.8, 4) is 11.8 Å². The minimum atomic E-state index is -0.601. The zero-order chi connectivity index (χ0) is 30.0. The van der Waals surface area contributed by atoms with Crippen LogP contribution in [-0.4, -0.2) is 34.2 Å². The molecule has 3 aromatic rings.